The molecule has 0 aliphatic rings. The normalized spacial score (nSPS) is 11.1. The van der Waals surface area contributed by atoms with Gasteiger partial charge in [0.2, 0.25) is 0 Å². The van der Waals surface area contributed by atoms with Crippen molar-refractivity contribution in [2.45, 2.75) is 27.7 Å². The Morgan fingerprint density at radius 2 is 1.23 bits per heavy atom. The largest absolute Gasteiger partial charge is 0.489 e. The van der Waals surface area contributed by atoms with E-state index in [1.807, 2.05) is 54.6 Å². The molecule has 0 N–H and O–H groups in total. The summed E-state index contributed by atoms with van der Waals surface area (Å²) in [7, 11) is 0. The number of hydrogen-bond acceptors (Lipinski definition) is 6. The van der Waals surface area contributed by atoms with Crippen LogP contribution in [0.3, 0.4) is 0 Å². The average Bonchev–Trinajstić information content (AvgIpc) is 2.92. The van der Waals surface area contributed by atoms with Crippen LogP contribution in [0.25, 0.3) is 22.3 Å². The van der Waals surface area contributed by atoms with Gasteiger partial charge in [-0.15, -0.1) is 0 Å². The van der Waals surface area contributed by atoms with E-state index in [1.54, 1.807) is 45.9 Å². The minimum atomic E-state index is -0.495. The van der Waals surface area contributed by atoms with Gasteiger partial charge >= 0.3 is 11.9 Å². The molecule has 0 amide bonds. The maximum Gasteiger partial charge on any atom is 0.338 e. The van der Waals surface area contributed by atoms with Crippen LogP contribution in [-0.4, -0.2) is 18.5 Å². The Morgan fingerprint density at radius 1 is 0.692 bits per heavy atom. The van der Waals surface area contributed by atoms with Crippen molar-refractivity contribution < 1.29 is 28.5 Å². The molecule has 0 fully saturated rings. The van der Waals surface area contributed by atoms with Crippen molar-refractivity contribution in [3.8, 4) is 39.5 Å². The minimum Gasteiger partial charge on any atom is -0.489 e. The maximum atomic E-state index is 11.8. The van der Waals surface area contributed by atoms with Crippen LogP contribution in [0.1, 0.15) is 27.7 Å². The van der Waals surface area contributed by atoms with Gasteiger partial charge in [0.15, 0.2) is 0 Å². The molecule has 0 heterocycles. The fourth-order valence-electron chi connectivity index (χ4n) is 3.37. The molecule has 0 aromatic heterocycles. The van der Waals surface area contributed by atoms with Gasteiger partial charge in [0.25, 0.3) is 0 Å². The second kappa shape index (κ2) is 13.1. The Kier molecular flexibility index (Phi) is 9.65. The maximum absolute atomic E-state index is 11.8. The topological polar surface area (TPSA) is 71.1 Å². The van der Waals surface area contributed by atoms with E-state index in [9.17, 15) is 9.59 Å². The Bertz CT molecular complexity index is 1430. The number of carbonyl (C=O) groups excluding carboxylic acids is 2. The summed E-state index contributed by atoms with van der Waals surface area (Å²) in [6.45, 7) is 17.9. The van der Waals surface area contributed by atoms with E-state index in [0.29, 0.717) is 46.5 Å². The van der Waals surface area contributed by atoms with E-state index in [-0.39, 0.29) is 0 Å². The second-order valence-electron chi connectivity index (χ2n) is 8.91. The molecular weight excluding hydrogens is 492 g/mol. The van der Waals surface area contributed by atoms with E-state index in [4.69, 9.17) is 18.9 Å². The third-order valence-corrected chi connectivity index (χ3v) is 5.61. The summed E-state index contributed by atoms with van der Waals surface area (Å²) in [5.74, 6) is 1.61. The van der Waals surface area contributed by atoms with Crippen LogP contribution in [0.2, 0.25) is 0 Å². The molecule has 0 saturated heterocycles. The van der Waals surface area contributed by atoms with Crippen molar-refractivity contribution >= 4 is 11.9 Å². The minimum absolute atomic E-state index is 0.315. The van der Waals surface area contributed by atoms with Crippen molar-refractivity contribution in [2.24, 2.45) is 0 Å². The third kappa shape index (κ3) is 7.82. The standard InChI is InChI=1S/C33H32O6/c1-8-19-36-31-20-27(13-18-30(31)26-11-16-29(17-12-26)39-33(35)22(4)5)25-9-14-28(15-10-25)37-23(6)24(7)38-32(34)21(2)3/h8-18,20H,1-2,4,19H2,3,5-7H3. The summed E-state index contributed by atoms with van der Waals surface area (Å²) in [5, 5.41) is 0. The molecule has 0 spiro atoms. The first-order chi connectivity index (χ1) is 18.6. The van der Waals surface area contributed by atoms with Crippen molar-refractivity contribution in [2.75, 3.05) is 6.61 Å². The predicted molar refractivity (Wildman–Crippen MR) is 153 cm³/mol. The van der Waals surface area contributed by atoms with Crippen LogP contribution in [-0.2, 0) is 14.3 Å². The molecule has 0 radical (unpaired) electrons. The van der Waals surface area contributed by atoms with E-state index in [0.717, 1.165) is 22.3 Å². The molecule has 0 bridgehead atoms. The van der Waals surface area contributed by atoms with Crippen molar-refractivity contribution in [3.05, 3.63) is 115 Å². The van der Waals surface area contributed by atoms with Crippen LogP contribution in [0.15, 0.2) is 115 Å². The first-order valence-electron chi connectivity index (χ1n) is 12.3. The van der Waals surface area contributed by atoms with Crippen LogP contribution in [0.5, 0.6) is 17.2 Å². The summed E-state index contributed by atoms with van der Waals surface area (Å²) < 4.78 is 22.4. The molecule has 0 saturated carbocycles. The first kappa shape index (κ1) is 28.7. The number of benzene rings is 3. The summed E-state index contributed by atoms with van der Waals surface area (Å²) in [5.41, 5.74) is 4.36. The molecule has 3 rings (SSSR count). The SMILES string of the molecule is C=CCOc1cc(-c2ccc(OC(C)=C(C)OC(=O)C(=C)C)cc2)ccc1-c1ccc(OC(=O)C(=C)C)cc1. The molecule has 6 heteroatoms. The highest BCUT2D eigenvalue weighted by molar-refractivity contribution is 5.89. The van der Waals surface area contributed by atoms with Crippen LogP contribution >= 0.6 is 0 Å². The molecule has 0 unspecified atom stereocenters. The summed E-state index contributed by atoms with van der Waals surface area (Å²) in [4.78, 5) is 23.5. The van der Waals surface area contributed by atoms with Gasteiger partial charge in [-0.3, -0.25) is 0 Å². The van der Waals surface area contributed by atoms with Gasteiger partial charge in [-0.05, 0) is 74.7 Å². The number of rotatable bonds is 11. The van der Waals surface area contributed by atoms with Gasteiger partial charge in [0.05, 0.1) is 0 Å². The number of allylic oxidation sites excluding steroid dienone is 2. The zero-order chi connectivity index (χ0) is 28.5. The predicted octanol–water partition coefficient (Wildman–Crippen LogP) is 7.82. The van der Waals surface area contributed by atoms with Gasteiger partial charge in [0, 0.05) is 16.7 Å². The fraction of sp³-hybridized carbons (Fsp3) is 0.152. The highest BCUT2D eigenvalue weighted by Gasteiger charge is 2.12. The highest BCUT2D eigenvalue weighted by Crippen LogP contribution is 2.36. The second-order valence-corrected chi connectivity index (χ2v) is 8.91. The summed E-state index contributed by atoms with van der Waals surface area (Å²) in [6.07, 6.45) is 1.69. The molecule has 39 heavy (non-hydrogen) atoms. The van der Waals surface area contributed by atoms with Gasteiger partial charge < -0.3 is 18.9 Å². The summed E-state index contributed by atoms with van der Waals surface area (Å²) >= 11 is 0. The number of esters is 2. The van der Waals surface area contributed by atoms with Crippen LogP contribution in [0.4, 0.5) is 0 Å². The van der Waals surface area contributed by atoms with Gasteiger partial charge in [-0.25, -0.2) is 9.59 Å². The molecule has 3 aromatic rings. The summed E-state index contributed by atoms with van der Waals surface area (Å²) in [6, 6.07) is 20.7. The zero-order valence-electron chi connectivity index (χ0n) is 22.7. The average molecular weight is 525 g/mol. The molecule has 6 nitrogen and oxygen atoms in total. The van der Waals surface area contributed by atoms with E-state index in [2.05, 4.69) is 19.7 Å². The van der Waals surface area contributed by atoms with E-state index < -0.39 is 11.9 Å². The number of carbonyl (C=O) groups is 2. The zero-order valence-corrected chi connectivity index (χ0v) is 22.7. The lowest BCUT2D eigenvalue weighted by molar-refractivity contribution is -0.135. The van der Waals surface area contributed by atoms with Gasteiger partial charge in [-0.1, -0.05) is 62.2 Å². The fourth-order valence-corrected chi connectivity index (χ4v) is 3.37. The van der Waals surface area contributed by atoms with Crippen molar-refractivity contribution in [3.63, 3.8) is 0 Å². The van der Waals surface area contributed by atoms with Crippen molar-refractivity contribution in [1.29, 1.82) is 0 Å². The highest BCUT2D eigenvalue weighted by atomic mass is 16.6. The molecule has 0 aliphatic heterocycles. The molecule has 3 aromatic carbocycles. The quantitative estimate of drug-likeness (QED) is 0.0837. The molecule has 200 valence electrons. The van der Waals surface area contributed by atoms with Crippen molar-refractivity contribution in [1.82, 2.24) is 0 Å². The Hall–Kier alpha value is -4.84. The number of ether oxygens (including phenoxy) is 4. The Morgan fingerprint density at radius 3 is 1.79 bits per heavy atom. The molecular formula is C33H32O6. The Labute approximate surface area is 229 Å². The van der Waals surface area contributed by atoms with Crippen LogP contribution < -0.4 is 14.2 Å². The monoisotopic (exact) mass is 524 g/mol. The lowest BCUT2D eigenvalue weighted by atomic mass is 9.99. The molecule has 0 aliphatic carbocycles. The van der Waals surface area contributed by atoms with Gasteiger partial charge in [-0.2, -0.15) is 0 Å². The van der Waals surface area contributed by atoms with E-state index >= 15 is 0 Å². The smallest absolute Gasteiger partial charge is 0.338 e. The Balaban J connectivity index is 1.82. The van der Waals surface area contributed by atoms with Crippen LogP contribution in [0, 0.1) is 0 Å². The third-order valence-electron chi connectivity index (χ3n) is 5.61. The van der Waals surface area contributed by atoms with E-state index in [1.165, 1.54) is 0 Å². The van der Waals surface area contributed by atoms with Gasteiger partial charge in [0.1, 0.15) is 35.4 Å². The molecule has 0 atom stereocenters. The lowest BCUT2D eigenvalue weighted by Crippen LogP contribution is -2.07. The number of hydrogen-bond donors (Lipinski definition) is 0. The lowest BCUT2D eigenvalue weighted by Gasteiger charge is -2.14. The first-order valence-corrected chi connectivity index (χ1v) is 12.3.